The van der Waals surface area contributed by atoms with Gasteiger partial charge in [-0.3, -0.25) is 0 Å². The highest BCUT2D eigenvalue weighted by Crippen LogP contribution is 2.22. The van der Waals surface area contributed by atoms with Crippen LogP contribution in [-0.2, 0) is 13.6 Å². The number of aryl methyl sites for hydroxylation is 2. The summed E-state index contributed by atoms with van der Waals surface area (Å²) >= 11 is 0. The standard InChI is InChI=1S/C13H15F2N3O/c1-8-12(13(19-3)18(2)17-8)7-16-11-5-9(14)4-10(15)6-11/h4-6,16H,7H2,1-3H3. The molecule has 1 heterocycles. The molecule has 0 saturated carbocycles. The lowest BCUT2D eigenvalue weighted by molar-refractivity contribution is 0.370. The molecule has 0 unspecified atom stereocenters. The molecular formula is C13H15F2N3O. The van der Waals surface area contributed by atoms with Crippen molar-refractivity contribution in [3.8, 4) is 5.88 Å². The van der Waals surface area contributed by atoms with Crippen LogP contribution in [0.1, 0.15) is 11.3 Å². The molecule has 2 aromatic rings. The Labute approximate surface area is 110 Å². The minimum absolute atomic E-state index is 0.378. The molecule has 0 bridgehead atoms. The molecule has 1 aromatic heterocycles. The molecule has 2 rings (SSSR count). The maximum absolute atomic E-state index is 13.1. The summed E-state index contributed by atoms with van der Waals surface area (Å²) in [6.07, 6.45) is 0. The van der Waals surface area contributed by atoms with Crippen LogP contribution < -0.4 is 10.1 Å². The fourth-order valence-corrected chi connectivity index (χ4v) is 1.99. The van der Waals surface area contributed by atoms with Crippen molar-refractivity contribution < 1.29 is 13.5 Å². The fourth-order valence-electron chi connectivity index (χ4n) is 1.99. The number of benzene rings is 1. The van der Waals surface area contributed by atoms with Crippen LogP contribution in [0.25, 0.3) is 0 Å². The van der Waals surface area contributed by atoms with Gasteiger partial charge in [0.05, 0.1) is 18.4 Å². The van der Waals surface area contributed by atoms with E-state index in [4.69, 9.17) is 4.74 Å². The SMILES string of the molecule is COc1c(CNc2cc(F)cc(F)c2)c(C)nn1C. The number of anilines is 1. The number of hydrogen-bond acceptors (Lipinski definition) is 3. The van der Waals surface area contributed by atoms with Crippen molar-refractivity contribution >= 4 is 5.69 Å². The first-order valence-electron chi connectivity index (χ1n) is 5.77. The topological polar surface area (TPSA) is 39.1 Å². The van der Waals surface area contributed by atoms with Gasteiger partial charge in [-0.05, 0) is 19.1 Å². The maximum Gasteiger partial charge on any atom is 0.216 e. The second kappa shape index (κ2) is 5.26. The molecular weight excluding hydrogens is 252 g/mol. The second-order valence-electron chi connectivity index (χ2n) is 4.21. The third kappa shape index (κ3) is 2.83. The Bertz CT molecular complexity index is 576. The molecule has 0 amide bonds. The zero-order chi connectivity index (χ0) is 14.0. The van der Waals surface area contributed by atoms with Crippen molar-refractivity contribution in [1.29, 1.82) is 0 Å². The van der Waals surface area contributed by atoms with Crippen molar-refractivity contribution in [3.63, 3.8) is 0 Å². The molecule has 0 aliphatic heterocycles. The van der Waals surface area contributed by atoms with Crippen LogP contribution >= 0.6 is 0 Å². The van der Waals surface area contributed by atoms with Crippen LogP contribution in [0.2, 0.25) is 0 Å². The van der Waals surface area contributed by atoms with E-state index in [1.807, 2.05) is 6.92 Å². The smallest absolute Gasteiger partial charge is 0.216 e. The Morgan fingerprint density at radius 2 is 1.89 bits per heavy atom. The van der Waals surface area contributed by atoms with E-state index in [9.17, 15) is 8.78 Å². The normalized spacial score (nSPS) is 10.6. The summed E-state index contributed by atoms with van der Waals surface area (Å²) < 4.78 is 33.0. The van der Waals surface area contributed by atoms with E-state index in [2.05, 4.69) is 10.4 Å². The quantitative estimate of drug-likeness (QED) is 0.925. The van der Waals surface area contributed by atoms with E-state index >= 15 is 0 Å². The van der Waals surface area contributed by atoms with Gasteiger partial charge in [0.15, 0.2) is 0 Å². The largest absolute Gasteiger partial charge is 0.481 e. The summed E-state index contributed by atoms with van der Waals surface area (Å²) in [5.74, 6) is -0.600. The summed E-state index contributed by atoms with van der Waals surface area (Å²) in [6, 6.07) is 3.31. The first-order chi connectivity index (χ1) is 9.01. The Hall–Kier alpha value is -2.11. The highest BCUT2D eigenvalue weighted by Gasteiger charge is 2.13. The number of rotatable bonds is 4. The lowest BCUT2D eigenvalue weighted by Gasteiger charge is -2.08. The molecule has 4 nitrogen and oxygen atoms in total. The van der Waals surface area contributed by atoms with Crippen LogP contribution in [0.5, 0.6) is 5.88 Å². The Kier molecular flexibility index (Phi) is 3.69. The van der Waals surface area contributed by atoms with Crippen molar-refractivity contribution in [2.24, 2.45) is 7.05 Å². The monoisotopic (exact) mass is 267 g/mol. The molecule has 0 spiro atoms. The molecule has 0 fully saturated rings. The highest BCUT2D eigenvalue weighted by atomic mass is 19.1. The van der Waals surface area contributed by atoms with Crippen LogP contribution in [0.3, 0.4) is 0 Å². The Balaban J connectivity index is 2.18. The van der Waals surface area contributed by atoms with Gasteiger partial charge < -0.3 is 10.1 Å². The molecule has 0 aliphatic rings. The predicted octanol–water partition coefficient (Wildman–Crippen LogP) is 2.63. The fraction of sp³-hybridized carbons (Fsp3) is 0.308. The molecule has 6 heteroatoms. The van der Waals surface area contributed by atoms with E-state index in [1.54, 1.807) is 18.8 Å². The van der Waals surface area contributed by atoms with Gasteiger partial charge in [-0.25, -0.2) is 13.5 Å². The van der Waals surface area contributed by atoms with E-state index in [0.29, 0.717) is 18.1 Å². The molecule has 19 heavy (non-hydrogen) atoms. The molecule has 1 aromatic carbocycles. The predicted molar refractivity (Wildman–Crippen MR) is 68.2 cm³/mol. The number of nitrogens with zero attached hydrogens (tertiary/aromatic N) is 2. The van der Waals surface area contributed by atoms with Gasteiger partial charge in [-0.2, -0.15) is 5.10 Å². The van der Waals surface area contributed by atoms with Crippen molar-refractivity contribution in [2.75, 3.05) is 12.4 Å². The van der Waals surface area contributed by atoms with Crippen molar-refractivity contribution in [1.82, 2.24) is 9.78 Å². The number of methoxy groups -OCH3 is 1. The zero-order valence-electron chi connectivity index (χ0n) is 11.0. The minimum atomic E-state index is -0.614. The summed E-state index contributed by atoms with van der Waals surface area (Å²) in [5, 5.41) is 7.19. The van der Waals surface area contributed by atoms with Gasteiger partial charge in [0, 0.05) is 25.3 Å². The highest BCUT2D eigenvalue weighted by molar-refractivity contribution is 5.45. The molecule has 0 aliphatic carbocycles. The number of hydrogen-bond donors (Lipinski definition) is 1. The van der Waals surface area contributed by atoms with Gasteiger partial charge in [0.25, 0.3) is 0 Å². The maximum atomic E-state index is 13.1. The van der Waals surface area contributed by atoms with E-state index in [1.165, 1.54) is 12.1 Å². The zero-order valence-corrected chi connectivity index (χ0v) is 11.0. The van der Waals surface area contributed by atoms with Gasteiger partial charge >= 0.3 is 0 Å². The lowest BCUT2D eigenvalue weighted by atomic mass is 10.2. The number of halogens is 2. The summed E-state index contributed by atoms with van der Waals surface area (Å²) in [6.45, 7) is 2.23. The Morgan fingerprint density at radius 3 is 2.47 bits per heavy atom. The van der Waals surface area contributed by atoms with Gasteiger partial charge in [-0.15, -0.1) is 0 Å². The van der Waals surface area contributed by atoms with Crippen LogP contribution in [-0.4, -0.2) is 16.9 Å². The first kappa shape index (κ1) is 13.3. The summed E-state index contributed by atoms with van der Waals surface area (Å²) in [7, 11) is 3.33. The van der Waals surface area contributed by atoms with Gasteiger partial charge in [0.2, 0.25) is 5.88 Å². The minimum Gasteiger partial charge on any atom is -0.481 e. The molecule has 0 atom stereocenters. The molecule has 0 saturated heterocycles. The van der Waals surface area contributed by atoms with Crippen molar-refractivity contribution in [2.45, 2.75) is 13.5 Å². The number of aromatic nitrogens is 2. The average Bonchev–Trinajstić information content (AvgIpc) is 2.59. The molecule has 0 radical (unpaired) electrons. The Morgan fingerprint density at radius 1 is 1.26 bits per heavy atom. The van der Waals surface area contributed by atoms with Crippen LogP contribution in [0.15, 0.2) is 18.2 Å². The molecule has 102 valence electrons. The van der Waals surface area contributed by atoms with Crippen LogP contribution in [0, 0.1) is 18.6 Å². The third-order valence-electron chi connectivity index (χ3n) is 2.81. The van der Waals surface area contributed by atoms with Gasteiger partial charge in [-0.1, -0.05) is 0 Å². The number of ether oxygens (including phenoxy) is 1. The van der Waals surface area contributed by atoms with E-state index in [-0.39, 0.29) is 0 Å². The molecule has 1 N–H and O–H groups in total. The summed E-state index contributed by atoms with van der Waals surface area (Å²) in [5.41, 5.74) is 2.04. The summed E-state index contributed by atoms with van der Waals surface area (Å²) in [4.78, 5) is 0. The van der Waals surface area contributed by atoms with Gasteiger partial charge in [0.1, 0.15) is 11.6 Å². The second-order valence-corrected chi connectivity index (χ2v) is 4.21. The third-order valence-corrected chi connectivity index (χ3v) is 2.81. The average molecular weight is 267 g/mol. The van der Waals surface area contributed by atoms with Crippen molar-refractivity contribution in [3.05, 3.63) is 41.1 Å². The van der Waals surface area contributed by atoms with Crippen LogP contribution in [0.4, 0.5) is 14.5 Å². The van der Waals surface area contributed by atoms with E-state index in [0.717, 1.165) is 17.3 Å². The number of nitrogens with one attached hydrogen (secondary N) is 1. The van der Waals surface area contributed by atoms with E-state index < -0.39 is 11.6 Å². The first-order valence-corrected chi connectivity index (χ1v) is 5.77. The lowest BCUT2D eigenvalue weighted by Crippen LogP contribution is -2.03.